The molecule has 0 amide bonds. The molecule has 1 saturated carbocycles. The molecule has 17 heavy (non-hydrogen) atoms. The van der Waals surface area contributed by atoms with Gasteiger partial charge >= 0.3 is 5.97 Å². The number of carbonyl (C=O) groups excluding carboxylic acids is 1. The fourth-order valence-electron chi connectivity index (χ4n) is 2.38. The van der Waals surface area contributed by atoms with Crippen LogP contribution in [0.15, 0.2) is 24.3 Å². The molecule has 0 spiro atoms. The number of carbonyl (C=O) groups is 1. The first kappa shape index (κ1) is 12.1. The Labute approximate surface area is 101 Å². The summed E-state index contributed by atoms with van der Waals surface area (Å²) in [6, 6.07) is 5.93. The van der Waals surface area contributed by atoms with Crippen molar-refractivity contribution in [1.29, 1.82) is 0 Å². The molecular weight excluding hydrogens is 219 g/mol. The average Bonchev–Trinajstić information content (AvgIpc) is 2.82. The minimum atomic E-state index is -0.553. The fourth-order valence-corrected chi connectivity index (χ4v) is 2.38. The predicted molar refractivity (Wildman–Crippen MR) is 63.2 cm³/mol. The van der Waals surface area contributed by atoms with E-state index in [0.717, 1.165) is 12.8 Å². The van der Waals surface area contributed by atoms with Crippen molar-refractivity contribution >= 4 is 5.97 Å². The first-order valence-electron chi connectivity index (χ1n) is 6.14. The number of hydrogen-bond acceptors (Lipinski definition) is 2. The highest BCUT2D eigenvalue weighted by atomic mass is 19.1. The molecule has 0 bridgehead atoms. The minimum Gasteiger partial charge on any atom is -0.459 e. The normalized spacial score (nSPS) is 18.0. The maximum absolute atomic E-state index is 13.4. The Morgan fingerprint density at radius 2 is 2.00 bits per heavy atom. The molecule has 0 heterocycles. The lowest BCUT2D eigenvalue weighted by Gasteiger charge is -2.19. The van der Waals surface area contributed by atoms with E-state index in [4.69, 9.17) is 4.74 Å². The molecule has 0 saturated heterocycles. The molecule has 1 unspecified atom stereocenters. The summed E-state index contributed by atoms with van der Waals surface area (Å²) in [7, 11) is 0. The lowest BCUT2D eigenvalue weighted by Crippen LogP contribution is -2.22. The van der Waals surface area contributed by atoms with Crippen LogP contribution in [0.25, 0.3) is 0 Å². The largest absolute Gasteiger partial charge is 0.459 e. The topological polar surface area (TPSA) is 26.3 Å². The predicted octanol–water partition coefficient (Wildman–Crippen LogP) is 3.56. The van der Waals surface area contributed by atoms with E-state index in [1.807, 2.05) is 6.92 Å². The summed E-state index contributed by atoms with van der Waals surface area (Å²) < 4.78 is 18.7. The highest BCUT2D eigenvalue weighted by molar-refractivity contribution is 5.89. The lowest BCUT2D eigenvalue weighted by atomic mass is 10.0. The van der Waals surface area contributed by atoms with Gasteiger partial charge in [-0.15, -0.1) is 0 Å². The van der Waals surface area contributed by atoms with Crippen molar-refractivity contribution in [3.05, 3.63) is 35.6 Å². The van der Waals surface area contributed by atoms with E-state index < -0.39 is 11.8 Å². The van der Waals surface area contributed by atoms with Gasteiger partial charge in [0.1, 0.15) is 11.9 Å². The van der Waals surface area contributed by atoms with Gasteiger partial charge in [0, 0.05) is 0 Å². The molecule has 3 heteroatoms. The van der Waals surface area contributed by atoms with Crippen molar-refractivity contribution in [2.45, 2.75) is 38.7 Å². The summed E-state index contributed by atoms with van der Waals surface area (Å²) in [4.78, 5) is 11.8. The summed E-state index contributed by atoms with van der Waals surface area (Å²) in [5, 5.41) is 0. The molecule has 0 aliphatic heterocycles. The summed E-state index contributed by atoms with van der Waals surface area (Å²) in [6.45, 7) is 1.90. The fraction of sp³-hybridized carbons (Fsp3) is 0.500. The Morgan fingerprint density at radius 3 is 2.65 bits per heavy atom. The number of benzene rings is 1. The first-order valence-corrected chi connectivity index (χ1v) is 6.14. The molecule has 1 atom stereocenters. The van der Waals surface area contributed by atoms with Crippen LogP contribution < -0.4 is 0 Å². The first-order chi connectivity index (χ1) is 8.18. The molecule has 92 valence electrons. The number of rotatable bonds is 3. The second-order valence-electron chi connectivity index (χ2n) is 4.63. The van der Waals surface area contributed by atoms with Crippen LogP contribution in [0.4, 0.5) is 4.39 Å². The molecule has 1 aromatic rings. The molecule has 2 rings (SSSR count). The van der Waals surface area contributed by atoms with E-state index >= 15 is 0 Å². The van der Waals surface area contributed by atoms with E-state index in [0.29, 0.717) is 5.92 Å². The van der Waals surface area contributed by atoms with Gasteiger partial charge in [-0.2, -0.15) is 0 Å². The highest BCUT2D eigenvalue weighted by Crippen LogP contribution is 2.29. The molecule has 0 N–H and O–H groups in total. The average molecular weight is 236 g/mol. The quantitative estimate of drug-likeness (QED) is 0.750. The molecule has 1 aromatic carbocycles. The van der Waals surface area contributed by atoms with Crippen molar-refractivity contribution in [2.24, 2.45) is 5.92 Å². The van der Waals surface area contributed by atoms with Crippen molar-refractivity contribution in [3.8, 4) is 0 Å². The zero-order valence-corrected chi connectivity index (χ0v) is 9.99. The maximum atomic E-state index is 13.4. The number of ether oxygens (including phenoxy) is 1. The van der Waals surface area contributed by atoms with Crippen LogP contribution in [0.2, 0.25) is 0 Å². The van der Waals surface area contributed by atoms with Gasteiger partial charge < -0.3 is 4.74 Å². The zero-order chi connectivity index (χ0) is 12.3. The van der Waals surface area contributed by atoms with Gasteiger partial charge in [0.2, 0.25) is 0 Å². The van der Waals surface area contributed by atoms with Gasteiger partial charge in [-0.1, -0.05) is 25.0 Å². The standard InChI is InChI=1S/C14H17FO2/c1-10(11-6-2-3-7-11)17-14(16)12-8-4-5-9-13(12)15/h4-5,8-11H,2-3,6-7H2,1H3. The summed E-state index contributed by atoms with van der Waals surface area (Å²) >= 11 is 0. The van der Waals surface area contributed by atoms with E-state index in [1.54, 1.807) is 12.1 Å². The lowest BCUT2D eigenvalue weighted by molar-refractivity contribution is 0.0199. The monoisotopic (exact) mass is 236 g/mol. The second-order valence-corrected chi connectivity index (χ2v) is 4.63. The molecule has 1 fully saturated rings. The van der Waals surface area contributed by atoms with E-state index in [1.165, 1.54) is 25.0 Å². The van der Waals surface area contributed by atoms with Crippen LogP contribution >= 0.6 is 0 Å². The van der Waals surface area contributed by atoms with E-state index in [9.17, 15) is 9.18 Å². The highest BCUT2D eigenvalue weighted by Gasteiger charge is 2.25. The molecule has 0 aromatic heterocycles. The van der Waals surface area contributed by atoms with Gasteiger partial charge in [0.15, 0.2) is 0 Å². The van der Waals surface area contributed by atoms with E-state index in [-0.39, 0.29) is 11.7 Å². The molecule has 1 aliphatic rings. The molecule has 0 radical (unpaired) electrons. The number of esters is 1. The number of halogens is 1. The van der Waals surface area contributed by atoms with Gasteiger partial charge in [-0.3, -0.25) is 0 Å². The van der Waals surface area contributed by atoms with Crippen LogP contribution in [0.1, 0.15) is 43.0 Å². The van der Waals surface area contributed by atoms with Crippen LogP contribution in [-0.2, 0) is 4.74 Å². The second kappa shape index (κ2) is 5.30. The smallest absolute Gasteiger partial charge is 0.341 e. The SMILES string of the molecule is CC(OC(=O)c1ccccc1F)C1CCCC1. The van der Waals surface area contributed by atoms with Crippen molar-refractivity contribution < 1.29 is 13.9 Å². The van der Waals surface area contributed by atoms with Crippen LogP contribution in [0.5, 0.6) is 0 Å². The van der Waals surface area contributed by atoms with Gasteiger partial charge in [0.05, 0.1) is 5.56 Å². The zero-order valence-electron chi connectivity index (χ0n) is 9.99. The Morgan fingerprint density at radius 1 is 1.35 bits per heavy atom. The van der Waals surface area contributed by atoms with Crippen molar-refractivity contribution in [3.63, 3.8) is 0 Å². The number of hydrogen-bond donors (Lipinski definition) is 0. The van der Waals surface area contributed by atoms with E-state index in [2.05, 4.69) is 0 Å². The Kier molecular flexibility index (Phi) is 3.77. The Balaban J connectivity index is 1.99. The van der Waals surface area contributed by atoms with Crippen molar-refractivity contribution in [2.75, 3.05) is 0 Å². The summed E-state index contributed by atoms with van der Waals surface area (Å²) in [5.41, 5.74) is 0.0253. The van der Waals surface area contributed by atoms with Gasteiger partial charge in [-0.05, 0) is 37.8 Å². The maximum Gasteiger partial charge on any atom is 0.341 e. The van der Waals surface area contributed by atoms with Crippen LogP contribution in [0, 0.1) is 11.7 Å². The Bertz CT molecular complexity index is 397. The molecule has 2 nitrogen and oxygen atoms in total. The third kappa shape index (κ3) is 2.84. The molecular formula is C14H17FO2. The summed E-state index contributed by atoms with van der Waals surface area (Å²) in [6.07, 6.45) is 4.49. The van der Waals surface area contributed by atoms with Gasteiger partial charge in [-0.25, -0.2) is 9.18 Å². The third-order valence-electron chi connectivity index (χ3n) is 3.45. The van der Waals surface area contributed by atoms with Crippen molar-refractivity contribution in [1.82, 2.24) is 0 Å². The van der Waals surface area contributed by atoms with Gasteiger partial charge in [0.25, 0.3) is 0 Å². The summed E-state index contributed by atoms with van der Waals surface area (Å²) in [5.74, 6) is -0.635. The minimum absolute atomic E-state index is 0.0253. The third-order valence-corrected chi connectivity index (χ3v) is 3.45. The van der Waals surface area contributed by atoms with Crippen LogP contribution in [-0.4, -0.2) is 12.1 Å². The van der Waals surface area contributed by atoms with Crippen LogP contribution in [0.3, 0.4) is 0 Å². The Hall–Kier alpha value is -1.38. The molecule has 1 aliphatic carbocycles.